The fourth-order valence-corrected chi connectivity index (χ4v) is 3.70. The van der Waals surface area contributed by atoms with Crippen LogP contribution in [-0.2, 0) is 10.2 Å². The Hall–Kier alpha value is -3.63. The fourth-order valence-electron chi connectivity index (χ4n) is 3.53. The van der Waals surface area contributed by atoms with Gasteiger partial charge < -0.3 is 9.15 Å². The second kappa shape index (κ2) is 9.32. The predicted octanol–water partition coefficient (Wildman–Crippen LogP) is 7.34. The van der Waals surface area contributed by atoms with Gasteiger partial charge in [0.25, 0.3) is 0 Å². The highest BCUT2D eigenvalue weighted by Gasteiger charge is 2.21. The molecular formula is C29H25ClO4. The smallest absolute Gasteiger partial charge is 0.336 e. The van der Waals surface area contributed by atoms with Crippen LogP contribution < -0.4 is 10.2 Å². The molecule has 5 heteroatoms. The molecule has 0 bridgehead atoms. The summed E-state index contributed by atoms with van der Waals surface area (Å²) in [4.78, 5) is 26.0. The largest absolute Gasteiger partial charge is 0.452 e. The van der Waals surface area contributed by atoms with Crippen molar-refractivity contribution in [1.29, 1.82) is 0 Å². The minimum atomic E-state index is -0.679. The van der Waals surface area contributed by atoms with Crippen molar-refractivity contribution in [3.63, 3.8) is 0 Å². The monoisotopic (exact) mass is 472 g/mol. The number of aryl methyl sites for hydroxylation is 1. The number of fused-ring (bicyclic) bond motifs is 1. The average Bonchev–Trinajstić information content (AvgIpc) is 2.80. The van der Waals surface area contributed by atoms with Crippen molar-refractivity contribution in [2.45, 2.75) is 33.1 Å². The standard InChI is InChI=1S/C29H25ClO4/c1-18-5-7-19(8-6-18)9-16-25(31)34-28-26(32)23-17-22(30)14-15-24(23)33-27(28)20-10-12-21(13-11-20)29(2,3)4/h5-17H,1-4H3/b16-9+. The van der Waals surface area contributed by atoms with Gasteiger partial charge in [0.2, 0.25) is 11.2 Å². The van der Waals surface area contributed by atoms with Gasteiger partial charge in [-0.05, 0) is 47.7 Å². The molecule has 4 aromatic rings. The minimum absolute atomic E-state index is 0.0322. The van der Waals surface area contributed by atoms with Crippen molar-refractivity contribution < 1.29 is 13.9 Å². The van der Waals surface area contributed by atoms with Crippen molar-refractivity contribution in [2.75, 3.05) is 0 Å². The zero-order valence-electron chi connectivity index (χ0n) is 19.5. The number of hydrogen-bond donors (Lipinski definition) is 0. The summed E-state index contributed by atoms with van der Waals surface area (Å²) in [7, 11) is 0. The lowest BCUT2D eigenvalue weighted by Gasteiger charge is -2.19. The van der Waals surface area contributed by atoms with E-state index in [-0.39, 0.29) is 22.3 Å². The van der Waals surface area contributed by atoms with E-state index in [2.05, 4.69) is 20.8 Å². The quantitative estimate of drug-likeness (QED) is 0.230. The van der Waals surface area contributed by atoms with Crippen LogP contribution in [0.3, 0.4) is 0 Å². The molecule has 0 saturated carbocycles. The third kappa shape index (κ3) is 5.13. The Balaban J connectivity index is 1.77. The third-order valence-electron chi connectivity index (χ3n) is 5.52. The van der Waals surface area contributed by atoms with Crippen LogP contribution in [0.2, 0.25) is 5.02 Å². The van der Waals surface area contributed by atoms with Gasteiger partial charge in [-0.1, -0.05) is 86.5 Å². The Kier molecular flexibility index (Phi) is 6.45. The van der Waals surface area contributed by atoms with Gasteiger partial charge in [-0.25, -0.2) is 4.79 Å². The first-order valence-corrected chi connectivity index (χ1v) is 11.3. The van der Waals surface area contributed by atoms with Crippen LogP contribution in [-0.4, -0.2) is 5.97 Å². The van der Waals surface area contributed by atoms with Crippen molar-refractivity contribution in [3.05, 3.63) is 105 Å². The van der Waals surface area contributed by atoms with Crippen molar-refractivity contribution in [3.8, 4) is 17.1 Å². The average molecular weight is 473 g/mol. The molecule has 1 aromatic heterocycles. The van der Waals surface area contributed by atoms with E-state index >= 15 is 0 Å². The van der Waals surface area contributed by atoms with E-state index in [4.69, 9.17) is 20.8 Å². The van der Waals surface area contributed by atoms with Gasteiger partial charge in [-0.3, -0.25) is 4.79 Å². The topological polar surface area (TPSA) is 56.5 Å². The van der Waals surface area contributed by atoms with E-state index < -0.39 is 11.4 Å². The van der Waals surface area contributed by atoms with Crippen LogP contribution in [0.25, 0.3) is 28.4 Å². The molecule has 0 amide bonds. The van der Waals surface area contributed by atoms with Gasteiger partial charge in [0.05, 0.1) is 5.39 Å². The Morgan fingerprint density at radius 3 is 2.29 bits per heavy atom. The molecule has 0 radical (unpaired) electrons. The zero-order chi connectivity index (χ0) is 24.5. The first kappa shape index (κ1) is 23.5. The second-order valence-electron chi connectivity index (χ2n) is 9.22. The minimum Gasteiger partial charge on any atom is -0.452 e. The molecule has 34 heavy (non-hydrogen) atoms. The first-order chi connectivity index (χ1) is 16.1. The molecule has 1 heterocycles. The molecule has 4 rings (SSSR count). The number of halogens is 1. The van der Waals surface area contributed by atoms with Gasteiger partial charge in [0.1, 0.15) is 5.58 Å². The summed E-state index contributed by atoms with van der Waals surface area (Å²) in [6.07, 6.45) is 2.93. The van der Waals surface area contributed by atoms with Gasteiger partial charge in [0, 0.05) is 16.7 Å². The molecule has 172 valence electrons. The molecule has 0 spiro atoms. The van der Waals surface area contributed by atoms with Crippen molar-refractivity contribution in [2.24, 2.45) is 0 Å². The Labute approximate surface area is 203 Å². The van der Waals surface area contributed by atoms with Gasteiger partial charge in [0.15, 0.2) is 5.76 Å². The Bertz CT molecular complexity index is 1440. The summed E-state index contributed by atoms with van der Waals surface area (Å²) in [5.41, 5.74) is 3.59. The number of esters is 1. The maximum atomic E-state index is 13.3. The van der Waals surface area contributed by atoms with E-state index in [1.54, 1.807) is 18.2 Å². The summed E-state index contributed by atoms with van der Waals surface area (Å²) >= 11 is 6.09. The third-order valence-corrected chi connectivity index (χ3v) is 5.75. The van der Waals surface area contributed by atoms with Crippen LogP contribution >= 0.6 is 11.6 Å². The molecule has 0 saturated heterocycles. The summed E-state index contributed by atoms with van der Waals surface area (Å²) in [6, 6.07) is 20.2. The molecule has 0 fully saturated rings. The maximum Gasteiger partial charge on any atom is 0.336 e. The van der Waals surface area contributed by atoms with Crippen molar-refractivity contribution in [1.82, 2.24) is 0 Å². The molecule has 0 aliphatic rings. The van der Waals surface area contributed by atoms with Crippen molar-refractivity contribution >= 4 is 34.6 Å². The molecular weight excluding hydrogens is 448 g/mol. The second-order valence-corrected chi connectivity index (χ2v) is 9.66. The number of carbonyl (C=O) groups is 1. The summed E-state index contributed by atoms with van der Waals surface area (Å²) in [5, 5.41) is 0.631. The normalized spacial score (nSPS) is 11.8. The lowest BCUT2D eigenvalue weighted by molar-refractivity contribution is -0.129. The molecule has 0 aliphatic heterocycles. The van der Waals surface area contributed by atoms with Gasteiger partial charge in [-0.15, -0.1) is 0 Å². The van der Waals surface area contributed by atoms with E-state index in [0.29, 0.717) is 16.2 Å². The summed E-state index contributed by atoms with van der Waals surface area (Å²) in [5.74, 6) is -0.656. The Morgan fingerprint density at radius 1 is 0.971 bits per heavy atom. The lowest BCUT2D eigenvalue weighted by atomic mass is 9.86. The van der Waals surface area contributed by atoms with E-state index in [1.807, 2.05) is 55.5 Å². The van der Waals surface area contributed by atoms with Crippen LogP contribution in [0.5, 0.6) is 5.75 Å². The van der Waals surface area contributed by atoms with Gasteiger partial charge in [-0.2, -0.15) is 0 Å². The molecule has 3 aromatic carbocycles. The van der Waals surface area contributed by atoms with Crippen LogP contribution in [0.1, 0.15) is 37.5 Å². The van der Waals surface area contributed by atoms with Crippen LogP contribution in [0.4, 0.5) is 0 Å². The van der Waals surface area contributed by atoms with Crippen LogP contribution in [0, 0.1) is 6.92 Å². The van der Waals surface area contributed by atoms with Crippen LogP contribution in [0.15, 0.2) is 82.0 Å². The lowest BCUT2D eigenvalue weighted by Crippen LogP contribution is -2.14. The molecule has 0 N–H and O–H groups in total. The molecule has 0 aliphatic carbocycles. The number of ether oxygens (including phenoxy) is 1. The Morgan fingerprint density at radius 2 is 1.65 bits per heavy atom. The SMILES string of the molecule is Cc1ccc(/C=C/C(=O)Oc2c(-c3ccc(C(C)(C)C)cc3)oc3ccc(Cl)cc3c2=O)cc1. The first-order valence-electron chi connectivity index (χ1n) is 11.0. The molecule has 0 unspecified atom stereocenters. The number of rotatable bonds is 4. The predicted molar refractivity (Wildman–Crippen MR) is 137 cm³/mol. The highest BCUT2D eigenvalue weighted by molar-refractivity contribution is 6.31. The number of hydrogen-bond acceptors (Lipinski definition) is 4. The summed E-state index contributed by atoms with van der Waals surface area (Å²) < 4.78 is 11.6. The number of carbonyl (C=O) groups excluding carboxylic acids is 1. The van der Waals surface area contributed by atoms with E-state index in [9.17, 15) is 9.59 Å². The van der Waals surface area contributed by atoms with Gasteiger partial charge >= 0.3 is 5.97 Å². The van der Waals surface area contributed by atoms with E-state index in [0.717, 1.165) is 16.7 Å². The summed E-state index contributed by atoms with van der Waals surface area (Å²) in [6.45, 7) is 8.35. The maximum absolute atomic E-state index is 13.3. The number of benzene rings is 3. The van der Waals surface area contributed by atoms with E-state index in [1.165, 1.54) is 12.1 Å². The highest BCUT2D eigenvalue weighted by Crippen LogP contribution is 2.33. The molecule has 0 atom stereocenters. The highest BCUT2D eigenvalue weighted by atomic mass is 35.5. The fraction of sp³-hybridized carbons (Fsp3) is 0.172. The molecule has 4 nitrogen and oxygen atoms in total. The zero-order valence-corrected chi connectivity index (χ0v) is 20.3.